The van der Waals surface area contributed by atoms with E-state index in [0.717, 1.165) is 6.42 Å². The van der Waals surface area contributed by atoms with Crippen LogP contribution in [0.2, 0.25) is 0 Å². The molecule has 20 heavy (non-hydrogen) atoms. The summed E-state index contributed by atoms with van der Waals surface area (Å²) >= 11 is 0. The van der Waals surface area contributed by atoms with Gasteiger partial charge in [0.15, 0.2) is 0 Å². The number of sulfonamides is 1. The van der Waals surface area contributed by atoms with Crippen LogP contribution >= 0.6 is 0 Å². The van der Waals surface area contributed by atoms with Gasteiger partial charge < -0.3 is 11.1 Å². The summed E-state index contributed by atoms with van der Waals surface area (Å²) in [6, 6.07) is 2.29. The Balaban J connectivity index is 2.83. The molecule has 1 atom stereocenters. The molecule has 112 valence electrons. The molecule has 0 aliphatic rings. The maximum absolute atomic E-state index is 12.1. The van der Waals surface area contributed by atoms with Gasteiger partial charge in [0.2, 0.25) is 15.9 Å². The third kappa shape index (κ3) is 5.14. The zero-order valence-electron chi connectivity index (χ0n) is 11.6. The van der Waals surface area contributed by atoms with E-state index >= 15 is 0 Å². The molecule has 1 rings (SSSR count). The van der Waals surface area contributed by atoms with Crippen LogP contribution in [0.4, 0.5) is 5.82 Å². The number of primary amides is 1. The van der Waals surface area contributed by atoms with Gasteiger partial charge >= 0.3 is 0 Å². The van der Waals surface area contributed by atoms with Crippen molar-refractivity contribution in [1.29, 1.82) is 0 Å². The lowest BCUT2D eigenvalue weighted by molar-refractivity contribution is -0.118. The average molecular weight is 300 g/mol. The van der Waals surface area contributed by atoms with Gasteiger partial charge in [-0.3, -0.25) is 4.79 Å². The van der Waals surface area contributed by atoms with Crippen LogP contribution in [0.25, 0.3) is 0 Å². The second kappa shape index (κ2) is 7.20. The van der Waals surface area contributed by atoms with Gasteiger partial charge in [-0.15, -0.1) is 0 Å². The van der Waals surface area contributed by atoms with Crippen molar-refractivity contribution < 1.29 is 13.2 Å². The van der Waals surface area contributed by atoms with E-state index in [9.17, 15) is 13.2 Å². The molecule has 1 unspecified atom stereocenters. The first-order valence-electron chi connectivity index (χ1n) is 6.35. The number of nitrogens with two attached hydrogens (primary N) is 1. The molecule has 0 saturated heterocycles. The summed E-state index contributed by atoms with van der Waals surface area (Å²) < 4.78 is 26.7. The monoisotopic (exact) mass is 300 g/mol. The number of hydrogen-bond acceptors (Lipinski definition) is 5. The fourth-order valence-electron chi connectivity index (χ4n) is 1.60. The van der Waals surface area contributed by atoms with Crippen molar-refractivity contribution in [3.63, 3.8) is 0 Å². The highest BCUT2D eigenvalue weighted by molar-refractivity contribution is 7.89. The Hall–Kier alpha value is -1.67. The summed E-state index contributed by atoms with van der Waals surface area (Å²) in [6.45, 7) is 4.29. The molecular formula is C12H20N4O3S. The SMILES string of the molecule is CCCNc1cc(S(=O)(=O)NC(C)CC(N)=O)ccn1. The largest absolute Gasteiger partial charge is 0.370 e. The Morgan fingerprint density at radius 1 is 1.50 bits per heavy atom. The second-order valence-electron chi connectivity index (χ2n) is 4.50. The standard InChI is InChI=1S/C12H20N4O3S/c1-3-5-14-12-8-10(4-6-15-12)20(18,19)16-9(2)7-11(13)17/h4,6,8-9,16H,3,5,7H2,1-2H3,(H2,13,17)(H,14,15). The highest BCUT2D eigenvalue weighted by Gasteiger charge is 2.19. The van der Waals surface area contributed by atoms with Crippen LogP contribution < -0.4 is 15.8 Å². The fraction of sp³-hybridized carbons (Fsp3) is 0.500. The summed E-state index contributed by atoms with van der Waals surface area (Å²) in [4.78, 5) is 14.9. The molecule has 0 aromatic carbocycles. The molecule has 7 nitrogen and oxygen atoms in total. The Labute approximate surface area is 119 Å². The number of carbonyl (C=O) groups is 1. The minimum Gasteiger partial charge on any atom is -0.370 e. The van der Waals surface area contributed by atoms with Gasteiger partial charge in [-0.1, -0.05) is 6.92 Å². The van der Waals surface area contributed by atoms with Crippen molar-refractivity contribution in [2.45, 2.75) is 37.6 Å². The number of pyridine rings is 1. The molecule has 0 spiro atoms. The smallest absolute Gasteiger partial charge is 0.241 e. The normalized spacial score (nSPS) is 12.9. The summed E-state index contributed by atoms with van der Waals surface area (Å²) in [5.74, 6) is -0.0579. The number of anilines is 1. The zero-order valence-corrected chi connectivity index (χ0v) is 12.4. The predicted octanol–water partition coefficient (Wildman–Crippen LogP) is 0.446. The highest BCUT2D eigenvalue weighted by Crippen LogP contribution is 2.13. The van der Waals surface area contributed by atoms with Gasteiger partial charge in [0.25, 0.3) is 0 Å². The summed E-state index contributed by atoms with van der Waals surface area (Å²) in [5, 5.41) is 3.01. The first kappa shape index (κ1) is 16.4. The number of aromatic nitrogens is 1. The lowest BCUT2D eigenvalue weighted by Crippen LogP contribution is -2.35. The van der Waals surface area contributed by atoms with Crippen LogP contribution in [0.3, 0.4) is 0 Å². The van der Waals surface area contributed by atoms with Crippen molar-refractivity contribution in [3.05, 3.63) is 18.3 Å². The maximum atomic E-state index is 12.1. The van der Waals surface area contributed by atoms with E-state index in [0.29, 0.717) is 12.4 Å². The molecule has 1 heterocycles. The van der Waals surface area contributed by atoms with Gasteiger partial charge in [-0.2, -0.15) is 0 Å². The molecule has 0 aliphatic heterocycles. The Kier molecular flexibility index (Phi) is 5.90. The van der Waals surface area contributed by atoms with Crippen molar-refractivity contribution in [2.24, 2.45) is 5.73 Å². The topological polar surface area (TPSA) is 114 Å². The quantitative estimate of drug-likeness (QED) is 0.644. The number of nitrogens with zero attached hydrogens (tertiary/aromatic N) is 1. The molecule has 0 radical (unpaired) electrons. The zero-order chi connectivity index (χ0) is 15.2. The van der Waals surface area contributed by atoms with E-state index in [1.807, 2.05) is 6.92 Å². The van der Waals surface area contributed by atoms with E-state index < -0.39 is 22.0 Å². The fourth-order valence-corrected chi connectivity index (χ4v) is 2.86. The first-order valence-corrected chi connectivity index (χ1v) is 7.84. The van der Waals surface area contributed by atoms with Gasteiger partial charge in [-0.05, 0) is 19.4 Å². The number of carbonyl (C=O) groups excluding carboxylic acids is 1. The lowest BCUT2D eigenvalue weighted by Gasteiger charge is -2.13. The van der Waals surface area contributed by atoms with Crippen molar-refractivity contribution >= 4 is 21.7 Å². The molecular weight excluding hydrogens is 280 g/mol. The number of rotatable bonds is 8. The van der Waals surface area contributed by atoms with E-state index in [1.165, 1.54) is 18.3 Å². The first-order chi connectivity index (χ1) is 9.35. The number of nitrogens with one attached hydrogen (secondary N) is 2. The molecule has 1 aromatic heterocycles. The number of hydrogen-bond donors (Lipinski definition) is 3. The van der Waals surface area contributed by atoms with E-state index in [4.69, 9.17) is 5.73 Å². The molecule has 1 aromatic rings. The van der Waals surface area contributed by atoms with Crippen molar-refractivity contribution in [2.75, 3.05) is 11.9 Å². The maximum Gasteiger partial charge on any atom is 0.241 e. The molecule has 0 aliphatic carbocycles. The summed E-state index contributed by atoms with van der Waals surface area (Å²) in [7, 11) is -3.69. The molecule has 1 amide bonds. The van der Waals surface area contributed by atoms with Crippen LogP contribution in [0.5, 0.6) is 0 Å². The van der Waals surface area contributed by atoms with E-state index in [-0.39, 0.29) is 11.3 Å². The van der Waals surface area contributed by atoms with Gasteiger partial charge in [0, 0.05) is 31.3 Å². The van der Waals surface area contributed by atoms with Gasteiger partial charge in [0.05, 0.1) is 4.90 Å². The van der Waals surface area contributed by atoms with Crippen LogP contribution in [0.1, 0.15) is 26.7 Å². The van der Waals surface area contributed by atoms with Crippen LogP contribution in [-0.4, -0.2) is 31.9 Å². The number of amides is 1. The van der Waals surface area contributed by atoms with Crippen molar-refractivity contribution in [3.8, 4) is 0 Å². The minimum atomic E-state index is -3.69. The van der Waals surface area contributed by atoms with Crippen LogP contribution in [0, 0.1) is 0 Å². The Bertz CT molecular complexity index is 560. The minimum absolute atomic E-state index is 0.0503. The molecule has 4 N–H and O–H groups in total. The van der Waals surface area contributed by atoms with Gasteiger partial charge in [0.1, 0.15) is 5.82 Å². The third-order valence-electron chi connectivity index (χ3n) is 2.46. The van der Waals surface area contributed by atoms with E-state index in [2.05, 4.69) is 15.0 Å². The lowest BCUT2D eigenvalue weighted by atomic mass is 10.2. The molecule has 0 saturated carbocycles. The van der Waals surface area contributed by atoms with Crippen LogP contribution in [0.15, 0.2) is 23.2 Å². The predicted molar refractivity (Wildman–Crippen MR) is 76.6 cm³/mol. The Morgan fingerprint density at radius 2 is 2.20 bits per heavy atom. The Morgan fingerprint density at radius 3 is 2.80 bits per heavy atom. The third-order valence-corrected chi connectivity index (χ3v) is 4.05. The molecule has 0 fully saturated rings. The summed E-state index contributed by atoms with van der Waals surface area (Å²) in [6.07, 6.45) is 2.28. The summed E-state index contributed by atoms with van der Waals surface area (Å²) in [5.41, 5.74) is 5.04. The molecule has 8 heteroatoms. The van der Waals surface area contributed by atoms with E-state index in [1.54, 1.807) is 6.92 Å². The average Bonchev–Trinajstić information content (AvgIpc) is 2.35. The molecule has 0 bridgehead atoms. The second-order valence-corrected chi connectivity index (χ2v) is 6.21. The van der Waals surface area contributed by atoms with Gasteiger partial charge in [-0.25, -0.2) is 18.1 Å². The highest BCUT2D eigenvalue weighted by atomic mass is 32.2. The van der Waals surface area contributed by atoms with Crippen LogP contribution in [-0.2, 0) is 14.8 Å². The van der Waals surface area contributed by atoms with Crippen molar-refractivity contribution in [1.82, 2.24) is 9.71 Å².